The Morgan fingerprint density at radius 1 is 1.00 bits per heavy atom. The molecule has 0 aliphatic rings. The van der Waals surface area contributed by atoms with Gasteiger partial charge in [0, 0.05) is 31.6 Å². The van der Waals surface area contributed by atoms with Gasteiger partial charge in [0.25, 0.3) is 0 Å². The van der Waals surface area contributed by atoms with Crippen LogP contribution in [0.5, 0.6) is 0 Å². The summed E-state index contributed by atoms with van der Waals surface area (Å²) in [5.74, 6) is 0. The van der Waals surface area contributed by atoms with E-state index in [1.54, 1.807) is 0 Å². The summed E-state index contributed by atoms with van der Waals surface area (Å²) in [7, 11) is 0. The second kappa shape index (κ2) is 10.4. The van der Waals surface area contributed by atoms with E-state index >= 15 is 0 Å². The molecule has 0 bridgehead atoms. The van der Waals surface area contributed by atoms with Crippen molar-refractivity contribution in [3.05, 3.63) is 30.6 Å². The van der Waals surface area contributed by atoms with E-state index in [-0.39, 0.29) is 5.54 Å². The Morgan fingerprint density at radius 3 is 2.40 bits per heavy atom. The maximum atomic E-state index is 4.51. The van der Waals surface area contributed by atoms with Gasteiger partial charge in [0.05, 0.1) is 17.6 Å². The highest BCUT2D eigenvalue weighted by Crippen LogP contribution is 2.29. The van der Waals surface area contributed by atoms with Crippen molar-refractivity contribution >= 4 is 0 Å². The van der Waals surface area contributed by atoms with Crippen LogP contribution in [0.25, 0.3) is 0 Å². The standard InChI is InChI=1S/C20H35N5/c1-4-6-8-10-13-20(3,12-9-7-5-2)25-17-19(22-23-25)11-15-24-16-14-21-18-24/h14,16-18H,4-13,15H2,1-3H3. The van der Waals surface area contributed by atoms with Crippen LogP contribution in [-0.4, -0.2) is 24.5 Å². The summed E-state index contributed by atoms with van der Waals surface area (Å²) in [5.41, 5.74) is 1.17. The minimum atomic E-state index is 0.100. The van der Waals surface area contributed by atoms with Gasteiger partial charge in [0.15, 0.2) is 0 Å². The molecule has 25 heavy (non-hydrogen) atoms. The van der Waals surface area contributed by atoms with E-state index in [9.17, 15) is 0 Å². The Morgan fingerprint density at radius 2 is 1.72 bits per heavy atom. The van der Waals surface area contributed by atoms with Crippen molar-refractivity contribution in [1.82, 2.24) is 24.5 Å². The van der Waals surface area contributed by atoms with Crippen LogP contribution in [0.3, 0.4) is 0 Å². The number of rotatable bonds is 13. The van der Waals surface area contributed by atoms with E-state index in [1.165, 1.54) is 57.8 Å². The van der Waals surface area contributed by atoms with Crippen LogP contribution in [0.4, 0.5) is 0 Å². The van der Waals surface area contributed by atoms with E-state index < -0.39 is 0 Å². The zero-order chi connectivity index (χ0) is 18.0. The quantitative estimate of drug-likeness (QED) is 0.481. The van der Waals surface area contributed by atoms with E-state index in [4.69, 9.17) is 0 Å². The van der Waals surface area contributed by atoms with Gasteiger partial charge in [0.1, 0.15) is 0 Å². The van der Waals surface area contributed by atoms with Gasteiger partial charge in [-0.3, -0.25) is 0 Å². The molecule has 1 unspecified atom stereocenters. The van der Waals surface area contributed by atoms with Crippen molar-refractivity contribution in [1.29, 1.82) is 0 Å². The van der Waals surface area contributed by atoms with Crippen molar-refractivity contribution in [3.63, 3.8) is 0 Å². The van der Waals surface area contributed by atoms with E-state index in [1.807, 2.05) is 18.7 Å². The molecule has 0 N–H and O–H groups in total. The highest BCUT2D eigenvalue weighted by molar-refractivity contribution is 4.97. The van der Waals surface area contributed by atoms with Crippen LogP contribution < -0.4 is 0 Å². The zero-order valence-electron chi connectivity index (χ0n) is 16.3. The fourth-order valence-electron chi connectivity index (χ4n) is 3.38. The maximum absolute atomic E-state index is 4.51. The van der Waals surface area contributed by atoms with Crippen molar-refractivity contribution in [3.8, 4) is 0 Å². The van der Waals surface area contributed by atoms with E-state index in [0.29, 0.717) is 0 Å². The molecule has 2 aromatic heterocycles. The van der Waals surface area contributed by atoms with Crippen molar-refractivity contribution in [2.24, 2.45) is 0 Å². The summed E-state index contributed by atoms with van der Waals surface area (Å²) in [6.07, 6.45) is 20.2. The molecule has 140 valence electrons. The van der Waals surface area contributed by atoms with E-state index in [0.717, 1.165) is 18.7 Å². The monoisotopic (exact) mass is 345 g/mol. The smallest absolute Gasteiger partial charge is 0.0946 e. The lowest BCUT2D eigenvalue weighted by Gasteiger charge is -2.30. The third-order valence-corrected chi connectivity index (χ3v) is 5.17. The van der Waals surface area contributed by atoms with Gasteiger partial charge in [-0.05, 0) is 19.8 Å². The Kier molecular flexibility index (Phi) is 8.16. The third-order valence-electron chi connectivity index (χ3n) is 5.17. The largest absolute Gasteiger partial charge is 0.337 e. The van der Waals surface area contributed by atoms with Crippen LogP contribution in [0.15, 0.2) is 24.9 Å². The van der Waals surface area contributed by atoms with Crippen LogP contribution in [0, 0.1) is 0 Å². The first-order chi connectivity index (χ1) is 12.2. The molecule has 0 saturated carbocycles. The van der Waals surface area contributed by atoms with E-state index in [2.05, 4.69) is 51.5 Å². The number of hydrogen-bond acceptors (Lipinski definition) is 3. The number of unbranched alkanes of at least 4 members (excludes halogenated alkanes) is 5. The topological polar surface area (TPSA) is 48.5 Å². The second-order valence-electron chi connectivity index (χ2n) is 7.47. The first-order valence-electron chi connectivity index (χ1n) is 10.1. The summed E-state index contributed by atoms with van der Waals surface area (Å²) in [4.78, 5) is 4.09. The van der Waals surface area contributed by atoms with Gasteiger partial charge in [-0.25, -0.2) is 9.67 Å². The number of hydrogen-bond donors (Lipinski definition) is 0. The van der Waals surface area contributed by atoms with Gasteiger partial charge < -0.3 is 4.57 Å². The number of nitrogens with zero attached hydrogens (tertiary/aromatic N) is 5. The highest BCUT2D eigenvalue weighted by Gasteiger charge is 2.27. The Balaban J connectivity index is 1.97. The molecule has 2 rings (SSSR count). The number of aromatic nitrogens is 5. The maximum Gasteiger partial charge on any atom is 0.0946 e. The van der Waals surface area contributed by atoms with Crippen LogP contribution in [-0.2, 0) is 18.5 Å². The van der Waals surface area contributed by atoms with Gasteiger partial charge in [-0.2, -0.15) is 0 Å². The molecule has 5 nitrogen and oxygen atoms in total. The molecule has 5 heteroatoms. The predicted octanol–water partition coefficient (Wildman–Crippen LogP) is 4.98. The minimum Gasteiger partial charge on any atom is -0.337 e. The molecule has 0 amide bonds. The average Bonchev–Trinajstić information content (AvgIpc) is 3.29. The van der Waals surface area contributed by atoms with Gasteiger partial charge in [0.2, 0.25) is 0 Å². The van der Waals surface area contributed by atoms with Crippen molar-refractivity contribution in [2.45, 2.75) is 97.1 Å². The first kappa shape index (κ1) is 19.7. The zero-order valence-corrected chi connectivity index (χ0v) is 16.3. The van der Waals surface area contributed by atoms with Crippen LogP contribution >= 0.6 is 0 Å². The average molecular weight is 346 g/mol. The lowest BCUT2D eigenvalue weighted by molar-refractivity contribution is 0.223. The molecule has 0 aromatic carbocycles. The number of imidazole rings is 1. The Hall–Kier alpha value is -1.65. The summed E-state index contributed by atoms with van der Waals surface area (Å²) in [6.45, 7) is 7.80. The molecule has 0 spiro atoms. The molecule has 0 aliphatic carbocycles. The Bertz CT molecular complexity index is 575. The summed E-state index contributed by atoms with van der Waals surface area (Å²) in [6, 6.07) is 0. The molecular weight excluding hydrogens is 310 g/mol. The summed E-state index contributed by atoms with van der Waals surface area (Å²) in [5, 5.41) is 8.94. The Labute approximate surface area is 152 Å². The summed E-state index contributed by atoms with van der Waals surface area (Å²) < 4.78 is 4.24. The molecular formula is C20H35N5. The first-order valence-corrected chi connectivity index (χ1v) is 10.1. The molecule has 0 radical (unpaired) electrons. The third kappa shape index (κ3) is 6.29. The molecule has 2 aromatic rings. The molecule has 0 fully saturated rings. The fourth-order valence-corrected chi connectivity index (χ4v) is 3.38. The normalized spacial score (nSPS) is 13.9. The second-order valence-corrected chi connectivity index (χ2v) is 7.47. The predicted molar refractivity (Wildman–Crippen MR) is 103 cm³/mol. The lowest BCUT2D eigenvalue weighted by Crippen LogP contribution is -2.31. The highest BCUT2D eigenvalue weighted by atomic mass is 15.4. The van der Waals surface area contributed by atoms with Crippen LogP contribution in [0.2, 0.25) is 0 Å². The van der Waals surface area contributed by atoms with Gasteiger partial charge in [-0.15, -0.1) is 5.10 Å². The minimum absolute atomic E-state index is 0.100. The number of aryl methyl sites for hydroxylation is 2. The van der Waals surface area contributed by atoms with Crippen molar-refractivity contribution < 1.29 is 0 Å². The molecule has 0 aliphatic heterocycles. The fraction of sp³-hybridized carbons (Fsp3) is 0.750. The lowest BCUT2D eigenvalue weighted by atomic mass is 9.88. The SMILES string of the molecule is CCCCCCC(C)(CCCCC)n1cc(CCn2ccnc2)nn1. The van der Waals surface area contributed by atoms with Crippen LogP contribution in [0.1, 0.15) is 84.3 Å². The summed E-state index contributed by atoms with van der Waals surface area (Å²) >= 11 is 0. The van der Waals surface area contributed by atoms with Gasteiger partial charge in [-0.1, -0.05) is 64.0 Å². The molecule has 0 saturated heterocycles. The van der Waals surface area contributed by atoms with Gasteiger partial charge >= 0.3 is 0 Å². The molecule has 2 heterocycles. The van der Waals surface area contributed by atoms with Crippen molar-refractivity contribution in [2.75, 3.05) is 0 Å². The molecule has 1 atom stereocenters.